The van der Waals surface area contributed by atoms with Crippen molar-refractivity contribution < 1.29 is 9.53 Å². The van der Waals surface area contributed by atoms with E-state index in [0.717, 1.165) is 36.8 Å². The van der Waals surface area contributed by atoms with Gasteiger partial charge in [0.15, 0.2) is 8.07 Å². The van der Waals surface area contributed by atoms with Gasteiger partial charge in [-0.3, -0.25) is 0 Å². The molecule has 0 aromatic heterocycles. The van der Waals surface area contributed by atoms with E-state index < -0.39 is 8.07 Å². The summed E-state index contributed by atoms with van der Waals surface area (Å²) in [7, 11) is -0.386. The van der Waals surface area contributed by atoms with Crippen molar-refractivity contribution in [2.45, 2.75) is 45.2 Å². The van der Waals surface area contributed by atoms with Gasteiger partial charge in [0.25, 0.3) is 0 Å². The molecule has 1 aromatic carbocycles. The van der Waals surface area contributed by atoms with Gasteiger partial charge in [-0.1, -0.05) is 52.4 Å². The molecule has 128 valence electrons. The van der Waals surface area contributed by atoms with Crippen LogP contribution in [-0.4, -0.2) is 25.9 Å². The molecule has 0 spiro atoms. The van der Waals surface area contributed by atoms with Crippen LogP contribution in [-0.2, 0) is 4.79 Å². The van der Waals surface area contributed by atoms with Crippen LogP contribution >= 0.6 is 15.9 Å². The summed E-state index contributed by atoms with van der Waals surface area (Å²) < 4.78 is 5.20. The Kier molecular flexibility index (Phi) is 8.85. The molecule has 0 fully saturated rings. The van der Waals surface area contributed by atoms with Crippen molar-refractivity contribution in [2.24, 2.45) is 5.92 Å². The van der Waals surface area contributed by atoms with E-state index in [4.69, 9.17) is 4.74 Å². The standard InChI is InChI=1S/C19H29BrO2Si/c1-5-6-8-16(15-20)9-7-10-19(21)23(3,4)18-13-11-17(22-2)12-14-18/h5,11-14,16H,1,6-10,15H2,2-4H3. The maximum atomic E-state index is 12.7. The number of alkyl halides is 1. The van der Waals surface area contributed by atoms with Crippen LogP contribution in [0.5, 0.6) is 5.75 Å². The zero-order valence-corrected chi connectivity index (χ0v) is 17.2. The van der Waals surface area contributed by atoms with Crippen LogP contribution in [0.4, 0.5) is 0 Å². The van der Waals surface area contributed by atoms with E-state index >= 15 is 0 Å². The van der Waals surface area contributed by atoms with Crippen LogP contribution < -0.4 is 9.92 Å². The number of hydrogen-bond acceptors (Lipinski definition) is 2. The van der Waals surface area contributed by atoms with Crippen molar-refractivity contribution in [3.8, 4) is 5.75 Å². The first-order valence-corrected chi connectivity index (χ1v) is 12.4. The molecular weight excluding hydrogens is 368 g/mol. The quantitative estimate of drug-likeness (QED) is 0.303. The Morgan fingerprint density at radius 3 is 2.48 bits per heavy atom. The number of hydrogen-bond donors (Lipinski definition) is 0. The summed E-state index contributed by atoms with van der Waals surface area (Å²) in [5.41, 5.74) is 0. The molecule has 4 heteroatoms. The Morgan fingerprint density at radius 2 is 1.96 bits per heavy atom. The van der Waals surface area contributed by atoms with Crippen LogP contribution in [0.3, 0.4) is 0 Å². The third-order valence-corrected chi connectivity index (χ3v) is 8.86. The molecule has 0 heterocycles. The van der Waals surface area contributed by atoms with Gasteiger partial charge in [0.1, 0.15) is 11.2 Å². The molecule has 0 amide bonds. The van der Waals surface area contributed by atoms with E-state index in [1.165, 1.54) is 5.19 Å². The maximum Gasteiger partial charge on any atom is 0.157 e. The van der Waals surface area contributed by atoms with E-state index in [1.54, 1.807) is 7.11 Å². The molecule has 0 radical (unpaired) electrons. The molecule has 0 aliphatic rings. The molecule has 0 aliphatic carbocycles. The molecule has 1 atom stereocenters. The van der Waals surface area contributed by atoms with Gasteiger partial charge in [-0.25, -0.2) is 0 Å². The Labute approximate surface area is 150 Å². The van der Waals surface area contributed by atoms with Gasteiger partial charge in [0.05, 0.1) is 7.11 Å². The van der Waals surface area contributed by atoms with Gasteiger partial charge in [-0.15, -0.1) is 6.58 Å². The van der Waals surface area contributed by atoms with Crippen molar-refractivity contribution in [3.05, 3.63) is 36.9 Å². The van der Waals surface area contributed by atoms with Gasteiger partial charge in [-0.2, -0.15) is 0 Å². The zero-order chi connectivity index (χ0) is 17.3. The first-order valence-electron chi connectivity index (χ1n) is 8.30. The summed E-state index contributed by atoms with van der Waals surface area (Å²) in [5, 5.41) is 2.64. The minimum atomic E-state index is -2.05. The first-order chi connectivity index (χ1) is 11.0. The fourth-order valence-corrected chi connectivity index (χ4v) is 5.46. The predicted octanol–water partition coefficient (Wildman–Crippen LogP) is 4.87. The van der Waals surface area contributed by atoms with E-state index in [1.807, 2.05) is 30.3 Å². The number of carbonyl (C=O) groups excluding carboxylic acids is 1. The number of carbonyl (C=O) groups is 1. The van der Waals surface area contributed by atoms with Gasteiger partial charge < -0.3 is 9.53 Å². The lowest BCUT2D eigenvalue weighted by Crippen LogP contribution is -2.49. The highest BCUT2D eigenvalue weighted by atomic mass is 79.9. The zero-order valence-electron chi connectivity index (χ0n) is 14.6. The van der Waals surface area contributed by atoms with Crippen LogP contribution in [0.25, 0.3) is 0 Å². The Bertz CT molecular complexity index is 497. The fourth-order valence-electron chi connectivity index (χ4n) is 2.68. The summed E-state index contributed by atoms with van der Waals surface area (Å²) >= 11 is 3.58. The average molecular weight is 397 g/mol. The second-order valence-electron chi connectivity index (χ2n) is 6.56. The number of benzene rings is 1. The van der Waals surface area contributed by atoms with Gasteiger partial charge >= 0.3 is 0 Å². The Morgan fingerprint density at radius 1 is 1.30 bits per heavy atom. The highest BCUT2D eigenvalue weighted by Crippen LogP contribution is 2.19. The lowest BCUT2D eigenvalue weighted by atomic mass is 9.99. The number of ether oxygens (including phenoxy) is 1. The molecule has 1 aromatic rings. The second kappa shape index (κ2) is 10.1. The molecule has 0 saturated heterocycles. The van der Waals surface area contributed by atoms with Crippen LogP contribution in [0, 0.1) is 5.92 Å². The van der Waals surface area contributed by atoms with Crippen LogP contribution in [0.15, 0.2) is 36.9 Å². The summed E-state index contributed by atoms with van der Waals surface area (Å²) in [6, 6.07) is 8.00. The number of allylic oxidation sites excluding steroid dienone is 1. The normalized spacial score (nSPS) is 12.7. The minimum absolute atomic E-state index is 0.444. The predicted molar refractivity (Wildman–Crippen MR) is 106 cm³/mol. The fraction of sp³-hybridized carbons (Fsp3) is 0.526. The van der Waals surface area contributed by atoms with E-state index in [9.17, 15) is 4.79 Å². The summed E-state index contributed by atoms with van der Waals surface area (Å²) in [4.78, 5) is 12.7. The largest absolute Gasteiger partial charge is 0.497 e. The molecule has 1 rings (SSSR count). The lowest BCUT2D eigenvalue weighted by molar-refractivity contribution is -0.112. The molecule has 0 saturated carbocycles. The number of methoxy groups -OCH3 is 1. The third kappa shape index (κ3) is 6.26. The molecule has 23 heavy (non-hydrogen) atoms. The van der Waals surface area contributed by atoms with Crippen LogP contribution in [0.2, 0.25) is 13.1 Å². The Balaban J connectivity index is 2.55. The molecule has 1 unspecified atom stereocenters. The summed E-state index contributed by atoms with van der Waals surface area (Å²) in [6.07, 6.45) is 6.97. The van der Waals surface area contributed by atoms with Crippen molar-refractivity contribution in [2.75, 3.05) is 12.4 Å². The smallest absolute Gasteiger partial charge is 0.157 e. The molecule has 0 bridgehead atoms. The summed E-state index contributed by atoms with van der Waals surface area (Å²) in [5.74, 6) is 1.49. The highest BCUT2D eigenvalue weighted by Gasteiger charge is 2.31. The second-order valence-corrected chi connectivity index (χ2v) is 11.6. The molecule has 2 nitrogen and oxygen atoms in total. The topological polar surface area (TPSA) is 26.3 Å². The average Bonchev–Trinajstić information content (AvgIpc) is 2.57. The van der Waals surface area contributed by atoms with Gasteiger partial charge in [-0.05, 0) is 43.7 Å². The molecular formula is C19H29BrO2Si. The molecule has 0 N–H and O–H groups in total. The van der Waals surface area contributed by atoms with E-state index in [2.05, 4.69) is 35.6 Å². The van der Waals surface area contributed by atoms with Crippen LogP contribution in [0.1, 0.15) is 32.1 Å². The third-order valence-electron chi connectivity index (χ3n) is 4.52. The monoisotopic (exact) mass is 396 g/mol. The number of rotatable bonds is 11. The highest BCUT2D eigenvalue weighted by molar-refractivity contribution is 9.09. The van der Waals surface area contributed by atoms with E-state index in [-0.39, 0.29) is 0 Å². The number of halogens is 1. The summed E-state index contributed by atoms with van der Waals surface area (Å²) in [6.45, 7) is 8.08. The van der Waals surface area contributed by atoms with E-state index in [0.29, 0.717) is 17.7 Å². The van der Waals surface area contributed by atoms with Crippen molar-refractivity contribution in [3.63, 3.8) is 0 Å². The SMILES string of the molecule is C=CCCC(CBr)CCCC(=O)[Si](C)(C)c1ccc(OC)cc1. The lowest BCUT2D eigenvalue weighted by Gasteiger charge is -2.22. The van der Waals surface area contributed by atoms with Gasteiger partial charge in [0, 0.05) is 11.8 Å². The molecule has 0 aliphatic heterocycles. The first kappa shape index (κ1) is 20.2. The van der Waals surface area contributed by atoms with Gasteiger partial charge in [0.2, 0.25) is 0 Å². The Hall–Kier alpha value is -0.873. The minimum Gasteiger partial charge on any atom is -0.497 e. The van der Waals surface area contributed by atoms with Crippen molar-refractivity contribution in [1.29, 1.82) is 0 Å². The van der Waals surface area contributed by atoms with Crippen molar-refractivity contribution >= 4 is 34.6 Å². The maximum absolute atomic E-state index is 12.7. The van der Waals surface area contributed by atoms with Crippen molar-refractivity contribution in [1.82, 2.24) is 0 Å².